The third-order valence-electron chi connectivity index (χ3n) is 6.53. The van der Waals surface area contributed by atoms with Crippen LogP contribution >= 0.6 is 0 Å². The third-order valence-corrected chi connectivity index (χ3v) is 6.53. The summed E-state index contributed by atoms with van der Waals surface area (Å²) in [5, 5.41) is 9.78. The van der Waals surface area contributed by atoms with Crippen molar-refractivity contribution in [3.8, 4) is 17.0 Å². The van der Waals surface area contributed by atoms with E-state index in [1.165, 1.54) is 6.07 Å². The summed E-state index contributed by atoms with van der Waals surface area (Å²) in [5.41, 5.74) is 3.79. The second kappa shape index (κ2) is 10.1. The molecule has 5 rings (SSSR count). The van der Waals surface area contributed by atoms with E-state index in [1.54, 1.807) is 6.07 Å². The lowest BCUT2D eigenvalue weighted by molar-refractivity contribution is 0.287. The number of hydrogen-bond acceptors (Lipinski definition) is 8. The summed E-state index contributed by atoms with van der Waals surface area (Å²) in [4.78, 5) is 12.9. The predicted octanol–water partition coefficient (Wildman–Crippen LogP) is 4.22. The normalized spacial score (nSPS) is 15.5. The number of piperazine rings is 1. The summed E-state index contributed by atoms with van der Waals surface area (Å²) in [6.45, 7) is 8.84. The Morgan fingerprint density at radius 1 is 1.03 bits per heavy atom. The van der Waals surface area contributed by atoms with Crippen molar-refractivity contribution in [3.05, 3.63) is 48.2 Å². The molecule has 1 aromatic heterocycles. The molecular formula is C26H31F2N7O. The van der Waals surface area contributed by atoms with Crippen molar-refractivity contribution in [1.82, 2.24) is 15.3 Å². The van der Waals surface area contributed by atoms with Crippen molar-refractivity contribution >= 4 is 28.7 Å². The Labute approximate surface area is 209 Å². The van der Waals surface area contributed by atoms with E-state index in [0.29, 0.717) is 24.4 Å². The molecule has 10 heteroatoms. The Kier molecular flexibility index (Phi) is 6.77. The number of benzene rings is 2. The van der Waals surface area contributed by atoms with Crippen molar-refractivity contribution in [3.63, 3.8) is 0 Å². The molecule has 0 aliphatic carbocycles. The molecule has 0 amide bonds. The van der Waals surface area contributed by atoms with Crippen LogP contribution in [0.2, 0.25) is 0 Å². The molecule has 1 fully saturated rings. The van der Waals surface area contributed by atoms with Gasteiger partial charge in [-0.3, -0.25) is 0 Å². The molecule has 190 valence electrons. The minimum Gasteiger partial charge on any atom is -0.486 e. The maximum atomic E-state index is 15.0. The fraction of sp³-hybridized carbons (Fsp3) is 0.385. The standard InChI is InChI=1S/C26H31F2N7O/c1-16(2)35-10-11-36-25-19(27)12-17(13-23(25)35)24-20(28)15-31-26(33-24)32-18-4-5-22(21(14-18)29-3)34-8-6-30-7-9-34/h4-5,12-16,29-30H,6-11H2,1-3H3,(H,31,32,33). The average molecular weight is 496 g/mol. The van der Waals surface area contributed by atoms with Crippen molar-refractivity contribution in [1.29, 1.82) is 0 Å². The number of halogens is 2. The van der Waals surface area contributed by atoms with Gasteiger partial charge in [-0.05, 0) is 44.2 Å². The lowest BCUT2D eigenvalue weighted by Gasteiger charge is -2.34. The first-order chi connectivity index (χ1) is 17.4. The molecule has 2 aliphatic rings. The van der Waals surface area contributed by atoms with E-state index >= 15 is 0 Å². The van der Waals surface area contributed by atoms with E-state index in [0.717, 1.165) is 49.4 Å². The van der Waals surface area contributed by atoms with Crippen LogP contribution in [0.15, 0.2) is 36.5 Å². The van der Waals surface area contributed by atoms with Gasteiger partial charge in [0.2, 0.25) is 5.95 Å². The number of ether oxygens (including phenoxy) is 1. The fourth-order valence-electron chi connectivity index (χ4n) is 4.73. The lowest BCUT2D eigenvalue weighted by Crippen LogP contribution is -2.43. The highest BCUT2D eigenvalue weighted by Crippen LogP contribution is 2.39. The maximum Gasteiger partial charge on any atom is 0.227 e. The van der Waals surface area contributed by atoms with Crippen LogP contribution in [0.3, 0.4) is 0 Å². The van der Waals surface area contributed by atoms with E-state index in [9.17, 15) is 8.78 Å². The van der Waals surface area contributed by atoms with Crippen LogP contribution in [-0.4, -0.2) is 62.4 Å². The van der Waals surface area contributed by atoms with E-state index in [-0.39, 0.29) is 23.4 Å². The van der Waals surface area contributed by atoms with Crippen LogP contribution in [-0.2, 0) is 0 Å². The zero-order valence-electron chi connectivity index (χ0n) is 20.7. The van der Waals surface area contributed by atoms with Gasteiger partial charge in [0.15, 0.2) is 17.4 Å². The number of nitrogens with zero attached hydrogens (tertiary/aromatic N) is 4. The van der Waals surface area contributed by atoms with Gasteiger partial charge in [-0.2, -0.15) is 0 Å². The zero-order chi connectivity index (χ0) is 25.2. The molecule has 36 heavy (non-hydrogen) atoms. The summed E-state index contributed by atoms with van der Waals surface area (Å²) in [5.74, 6) is -0.755. The van der Waals surface area contributed by atoms with Gasteiger partial charge in [-0.1, -0.05) is 0 Å². The summed E-state index contributed by atoms with van der Waals surface area (Å²) in [6, 6.07) is 9.10. The largest absolute Gasteiger partial charge is 0.486 e. The molecule has 3 aromatic rings. The quantitative estimate of drug-likeness (QED) is 0.469. The van der Waals surface area contributed by atoms with Crippen LogP contribution in [0.5, 0.6) is 5.75 Å². The zero-order valence-corrected chi connectivity index (χ0v) is 20.7. The van der Waals surface area contributed by atoms with Gasteiger partial charge in [0, 0.05) is 50.5 Å². The topological polar surface area (TPSA) is 77.6 Å². The number of anilines is 5. The maximum absolute atomic E-state index is 15.0. The number of rotatable bonds is 6. The molecule has 0 radical (unpaired) electrons. The molecule has 2 aliphatic heterocycles. The molecule has 0 saturated carbocycles. The summed E-state index contributed by atoms with van der Waals surface area (Å²) in [6.07, 6.45) is 1.10. The van der Waals surface area contributed by atoms with Crippen LogP contribution in [0, 0.1) is 11.6 Å². The van der Waals surface area contributed by atoms with Gasteiger partial charge in [-0.15, -0.1) is 0 Å². The first kappa shape index (κ1) is 24.1. The van der Waals surface area contributed by atoms with Gasteiger partial charge in [0.1, 0.15) is 12.3 Å². The Hall–Kier alpha value is -3.66. The van der Waals surface area contributed by atoms with E-state index in [2.05, 4.69) is 30.8 Å². The first-order valence-corrected chi connectivity index (χ1v) is 12.2. The molecule has 0 bridgehead atoms. The van der Waals surface area contributed by atoms with Crippen LogP contribution in [0.4, 0.5) is 37.5 Å². The van der Waals surface area contributed by atoms with Crippen molar-refractivity contribution in [2.75, 3.05) is 66.8 Å². The summed E-state index contributed by atoms with van der Waals surface area (Å²) >= 11 is 0. The van der Waals surface area contributed by atoms with Crippen molar-refractivity contribution in [2.24, 2.45) is 0 Å². The second-order valence-electron chi connectivity index (χ2n) is 9.18. The number of nitrogens with one attached hydrogen (secondary N) is 3. The average Bonchev–Trinajstić information content (AvgIpc) is 2.89. The van der Waals surface area contributed by atoms with E-state index < -0.39 is 11.6 Å². The van der Waals surface area contributed by atoms with Crippen LogP contribution in [0.1, 0.15) is 13.8 Å². The van der Waals surface area contributed by atoms with Gasteiger partial charge in [0.25, 0.3) is 0 Å². The Bertz CT molecular complexity index is 1250. The predicted molar refractivity (Wildman–Crippen MR) is 140 cm³/mol. The first-order valence-electron chi connectivity index (χ1n) is 12.2. The minimum atomic E-state index is -0.627. The fourth-order valence-corrected chi connectivity index (χ4v) is 4.73. The molecule has 2 aromatic carbocycles. The molecule has 1 saturated heterocycles. The van der Waals surface area contributed by atoms with Crippen molar-refractivity contribution in [2.45, 2.75) is 19.9 Å². The van der Waals surface area contributed by atoms with E-state index in [1.807, 2.05) is 44.0 Å². The van der Waals surface area contributed by atoms with Gasteiger partial charge in [0.05, 0.1) is 29.8 Å². The second-order valence-corrected chi connectivity index (χ2v) is 9.18. The Morgan fingerprint density at radius 2 is 1.83 bits per heavy atom. The molecule has 0 atom stereocenters. The highest BCUT2D eigenvalue weighted by atomic mass is 19.1. The van der Waals surface area contributed by atoms with Crippen LogP contribution < -0.4 is 30.5 Å². The third kappa shape index (κ3) is 4.73. The van der Waals surface area contributed by atoms with Gasteiger partial charge in [-0.25, -0.2) is 18.7 Å². The molecule has 3 N–H and O–H groups in total. The molecular weight excluding hydrogens is 464 g/mol. The molecule has 0 unspecified atom stereocenters. The monoisotopic (exact) mass is 495 g/mol. The summed E-state index contributed by atoms with van der Waals surface area (Å²) in [7, 11) is 1.88. The van der Waals surface area contributed by atoms with Gasteiger partial charge < -0.3 is 30.5 Å². The van der Waals surface area contributed by atoms with E-state index in [4.69, 9.17) is 4.74 Å². The highest BCUT2D eigenvalue weighted by molar-refractivity contribution is 5.77. The highest BCUT2D eigenvalue weighted by Gasteiger charge is 2.26. The molecule has 3 heterocycles. The molecule has 8 nitrogen and oxygen atoms in total. The number of hydrogen-bond donors (Lipinski definition) is 3. The smallest absolute Gasteiger partial charge is 0.227 e. The van der Waals surface area contributed by atoms with Crippen molar-refractivity contribution < 1.29 is 13.5 Å². The number of aromatic nitrogens is 2. The SMILES string of the molecule is CNc1cc(Nc2ncc(F)c(-c3cc(F)c4c(c3)N(C(C)C)CCO4)n2)ccc1N1CCNCC1. The summed E-state index contributed by atoms with van der Waals surface area (Å²) < 4.78 is 35.4. The number of fused-ring (bicyclic) bond motifs is 1. The minimum absolute atomic E-state index is 0.0229. The van der Waals surface area contributed by atoms with Gasteiger partial charge >= 0.3 is 0 Å². The lowest BCUT2D eigenvalue weighted by atomic mass is 10.1. The molecule has 0 spiro atoms. The Balaban J connectivity index is 1.45. The Morgan fingerprint density at radius 3 is 2.58 bits per heavy atom. The van der Waals surface area contributed by atoms with Crippen LogP contribution in [0.25, 0.3) is 11.3 Å².